The van der Waals surface area contributed by atoms with Gasteiger partial charge in [0.1, 0.15) is 0 Å². The lowest BCUT2D eigenvalue weighted by atomic mass is 10.0. The number of aromatic amines is 1. The van der Waals surface area contributed by atoms with E-state index in [1.54, 1.807) is 0 Å². The number of amides is 1. The van der Waals surface area contributed by atoms with Crippen molar-refractivity contribution in [3.05, 3.63) is 41.2 Å². The highest BCUT2D eigenvalue weighted by Crippen LogP contribution is 2.26. The van der Waals surface area contributed by atoms with Crippen LogP contribution in [0.2, 0.25) is 0 Å². The molecule has 0 bridgehead atoms. The Kier molecular flexibility index (Phi) is 6.38. The van der Waals surface area contributed by atoms with Gasteiger partial charge in [0.25, 0.3) is 5.91 Å². The van der Waals surface area contributed by atoms with Crippen molar-refractivity contribution in [2.75, 3.05) is 31.6 Å². The van der Waals surface area contributed by atoms with E-state index in [1.807, 2.05) is 49.9 Å². The molecule has 1 aromatic heterocycles. The van der Waals surface area contributed by atoms with Gasteiger partial charge in [-0.2, -0.15) is 16.9 Å². The summed E-state index contributed by atoms with van der Waals surface area (Å²) in [6.45, 7) is 7.27. The summed E-state index contributed by atoms with van der Waals surface area (Å²) in [5, 5.41) is 10.5. The number of hydrogen-bond donors (Lipinski definition) is 2. The Hall–Kier alpha value is -1.79. The molecule has 1 aliphatic rings. The summed E-state index contributed by atoms with van der Waals surface area (Å²) in [6, 6.07) is 8.10. The van der Waals surface area contributed by atoms with E-state index in [0.717, 1.165) is 55.0 Å². The fourth-order valence-electron chi connectivity index (χ4n) is 3.58. The van der Waals surface area contributed by atoms with Gasteiger partial charge in [-0.15, -0.1) is 0 Å². The number of thioether (sulfide) groups is 1. The second-order valence-corrected chi connectivity index (χ2v) is 7.96. The molecule has 0 atom stereocenters. The highest BCUT2D eigenvalue weighted by Gasteiger charge is 2.21. The number of benzene rings is 1. The molecule has 26 heavy (non-hydrogen) atoms. The van der Waals surface area contributed by atoms with Gasteiger partial charge in [0, 0.05) is 48.2 Å². The maximum Gasteiger partial charge on any atom is 0.251 e. The zero-order valence-electron chi connectivity index (χ0n) is 15.8. The smallest absolute Gasteiger partial charge is 0.251 e. The number of rotatable bonds is 6. The number of carbonyl (C=O) groups excluding carboxylic acids is 1. The van der Waals surface area contributed by atoms with Gasteiger partial charge in [-0.25, -0.2) is 0 Å². The van der Waals surface area contributed by atoms with Crippen LogP contribution in [0.3, 0.4) is 0 Å². The maximum atomic E-state index is 12.7. The summed E-state index contributed by atoms with van der Waals surface area (Å²) in [6.07, 6.45) is 4.20. The molecule has 140 valence electrons. The molecule has 0 spiro atoms. The lowest BCUT2D eigenvalue weighted by molar-refractivity contribution is 0.0913. The number of H-pyrrole nitrogens is 1. The zero-order chi connectivity index (χ0) is 18.5. The molecular formula is C20H28N4OS. The largest absolute Gasteiger partial charge is 0.349 e. The summed E-state index contributed by atoms with van der Waals surface area (Å²) >= 11 is 1.89. The van der Waals surface area contributed by atoms with Gasteiger partial charge in [0.2, 0.25) is 0 Å². The minimum absolute atomic E-state index is 0.0215. The SMILES string of the molecule is CSCCN1CCC(NC(=O)c2cccc(-c3c(C)n[nH]c3C)c2)CC1. The first-order valence-corrected chi connectivity index (χ1v) is 10.6. The Bertz CT molecular complexity index is 731. The van der Waals surface area contributed by atoms with E-state index in [0.29, 0.717) is 5.56 Å². The number of aryl methyl sites for hydroxylation is 2. The highest BCUT2D eigenvalue weighted by atomic mass is 32.2. The molecule has 1 aliphatic heterocycles. The minimum Gasteiger partial charge on any atom is -0.349 e. The van der Waals surface area contributed by atoms with Crippen molar-refractivity contribution in [2.45, 2.75) is 32.7 Å². The predicted octanol–water partition coefficient (Wildman–Crippen LogP) is 3.25. The Morgan fingerprint density at radius 2 is 2.12 bits per heavy atom. The molecule has 1 aromatic carbocycles. The van der Waals surface area contributed by atoms with Crippen molar-refractivity contribution < 1.29 is 4.79 Å². The number of hydrogen-bond acceptors (Lipinski definition) is 4. The second kappa shape index (κ2) is 8.73. The van der Waals surface area contributed by atoms with E-state index in [2.05, 4.69) is 26.7 Å². The first kappa shape index (κ1) is 19.0. The molecular weight excluding hydrogens is 344 g/mol. The molecule has 1 fully saturated rings. The lowest BCUT2D eigenvalue weighted by Crippen LogP contribution is -2.45. The summed E-state index contributed by atoms with van der Waals surface area (Å²) in [7, 11) is 0. The number of likely N-dealkylation sites (tertiary alicyclic amines) is 1. The number of nitrogens with zero attached hydrogens (tertiary/aromatic N) is 2. The topological polar surface area (TPSA) is 61.0 Å². The standard InChI is InChI=1S/C20H28N4OS/c1-14-19(15(2)23-22-14)16-5-4-6-17(13-16)20(25)21-18-7-9-24(10-8-18)11-12-26-3/h4-6,13,18H,7-12H2,1-3H3,(H,21,25)(H,22,23). The van der Waals surface area contributed by atoms with E-state index < -0.39 is 0 Å². The molecule has 0 saturated carbocycles. The van der Waals surface area contributed by atoms with Crippen LogP contribution in [0.5, 0.6) is 0 Å². The van der Waals surface area contributed by atoms with Crippen LogP contribution in [-0.4, -0.2) is 58.7 Å². The first-order valence-electron chi connectivity index (χ1n) is 9.22. The summed E-state index contributed by atoms with van der Waals surface area (Å²) in [5.41, 5.74) is 4.82. The molecule has 2 aromatic rings. The first-order chi connectivity index (χ1) is 12.6. The van der Waals surface area contributed by atoms with Crippen LogP contribution in [0.25, 0.3) is 11.1 Å². The van der Waals surface area contributed by atoms with Crippen molar-refractivity contribution in [1.29, 1.82) is 0 Å². The van der Waals surface area contributed by atoms with Crippen LogP contribution in [0.1, 0.15) is 34.6 Å². The molecule has 1 saturated heterocycles. The van der Waals surface area contributed by atoms with Crippen molar-refractivity contribution in [1.82, 2.24) is 20.4 Å². The van der Waals surface area contributed by atoms with Crippen LogP contribution < -0.4 is 5.32 Å². The van der Waals surface area contributed by atoms with Crippen LogP contribution in [-0.2, 0) is 0 Å². The Labute approximate surface area is 159 Å². The third kappa shape index (κ3) is 4.48. The van der Waals surface area contributed by atoms with Gasteiger partial charge in [0.05, 0.1) is 5.69 Å². The average molecular weight is 373 g/mol. The number of nitrogens with one attached hydrogen (secondary N) is 2. The van der Waals surface area contributed by atoms with Crippen molar-refractivity contribution in [2.24, 2.45) is 0 Å². The molecule has 6 heteroatoms. The third-order valence-electron chi connectivity index (χ3n) is 5.08. The van der Waals surface area contributed by atoms with Crippen molar-refractivity contribution >= 4 is 17.7 Å². The third-order valence-corrected chi connectivity index (χ3v) is 5.67. The normalized spacial score (nSPS) is 16.0. The molecule has 2 N–H and O–H groups in total. The quantitative estimate of drug-likeness (QED) is 0.817. The minimum atomic E-state index is 0.0215. The second-order valence-electron chi connectivity index (χ2n) is 6.97. The van der Waals surface area contributed by atoms with E-state index >= 15 is 0 Å². The molecule has 2 heterocycles. The van der Waals surface area contributed by atoms with Crippen LogP contribution >= 0.6 is 11.8 Å². The number of aromatic nitrogens is 2. The van der Waals surface area contributed by atoms with E-state index in [1.165, 1.54) is 5.75 Å². The molecule has 3 rings (SSSR count). The lowest BCUT2D eigenvalue weighted by Gasteiger charge is -2.32. The van der Waals surface area contributed by atoms with Crippen LogP contribution in [0.15, 0.2) is 24.3 Å². The van der Waals surface area contributed by atoms with E-state index in [4.69, 9.17) is 0 Å². The Balaban J connectivity index is 1.62. The number of piperidine rings is 1. The van der Waals surface area contributed by atoms with Gasteiger partial charge in [-0.3, -0.25) is 9.89 Å². The summed E-state index contributed by atoms with van der Waals surface area (Å²) in [5.74, 6) is 1.20. The molecule has 0 unspecified atom stereocenters. The van der Waals surface area contributed by atoms with Gasteiger partial charge < -0.3 is 10.2 Å². The monoisotopic (exact) mass is 372 g/mol. The molecule has 0 aliphatic carbocycles. The van der Waals surface area contributed by atoms with Crippen LogP contribution in [0, 0.1) is 13.8 Å². The zero-order valence-corrected chi connectivity index (χ0v) is 16.7. The van der Waals surface area contributed by atoms with E-state index in [9.17, 15) is 4.79 Å². The predicted molar refractivity (Wildman–Crippen MR) is 109 cm³/mol. The molecule has 0 radical (unpaired) electrons. The summed E-state index contributed by atoms with van der Waals surface area (Å²) < 4.78 is 0. The van der Waals surface area contributed by atoms with Gasteiger partial charge >= 0.3 is 0 Å². The van der Waals surface area contributed by atoms with Gasteiger partial charge in [-0.05, 0) is 50.6 Å². The van der Waals surface area contributed by atoms with Crippen LogP contribution in [0.4, 0.5) is 0 Å². The van der Waals surface area contributed by atoms with Gasteiger partial charge in [-0.1, -0.05) is 12.1 Å². The summed E-state index contributed by atoms with van der Waals surface area (Å²) in [4.78, 5) is 15.2. The molecule has 5 nitrogen and oxygen atoms in total. The Morgan fingerprint density at radius 3 is 2.77 bits per heavy atom. The van der Waals surface area contributed by atoms with Crippen molar-refractivity contribution in [3.63, 3.8) is 0 Å². The molecule has 1 amide bonds. The van der Waals surface area contributed by atoms with Crippen molar-refractivity contribution in [3.8, 4) is 11.1 Å². The Morgan fingerprint density at radius 1 is 1.35 bits per heavy atom. The van der Waals surface area contributed by atoms with E-state index in [-0.39, 0.29) is 11.9 Å². The maximum absolute atomic E-state index is 12.7. The average Bonchev–Trinajstić information content (AvgIpc) is 2.99. The fourth-order valence-corrected chi connectivity index (χ4v) is 4.02. The fraction of sp³-hybridized carbons (Fsp3) is 0.500. The van der Waals surface area contributed by atoms with Gasteiger partial charge in [0.15, 0.2) is 0 Å². The number of carbonyl (C=O) groups is 1. The highest BCUT2D eigenvalue weighted by molar-refractivity contribution is 7.98.